The molecular formula is C66H121NO13. The number of ether oxygens (including phenoxy) is 4. The highest BCUT2D eigenvalue weighted by Crippen LogP contribution is 2.30. The van der Waals surface area contributed by atoms with Crippen molar-refractivity contribution in [2.45, 2.75) is 344 Å². The molecule has 12 atom stereocenters. The molecule has 0 saturated carbocycles. The van der Waals surface area contributed by atoms with Gasteiger partial charge in [0.2, 0.25) is 5.91 Å². The van der Waals surface area contributed by atoms with Crippen LogP contribution >= 0.6 is 0 Å². The number of aliphatic hydroxyl groups is 8. The minimum absolute atomic E-state index is 0.245. The number of nitrogens with one attached hydrogen (secondary N) is 1. The van der Waals surface area contributed by atoms with E-state index >= 15 is 0 Å². The summed E-state index contributed by atoms with van der Waals surface area (Å²) in [6.07, 6.45) is 48.6. The van der Waals surface area contributed by atoms with Crippen LogP contribution in [-0.4, -0.2) is 140 Å². The van der Waals surface area contributed by atoms with Gasteiger partial charge in [0, 0.05) is 6.42 Å². The second-order valence-corrected chi connectivity index (χ2v) is 23.2. The van der Waals surface area contributed by atoms with Gasteiger partial charge in [-0.1, -0.05) is 262 Å². The number of allylic oxidation sites excluding steroid dienone is 8. The van der Waals surface area contributed by atoms with E-state index in [1.165, 1.54) is 173 Å². The fraction of sp³-hybridized carbons (Fsp3) is 0.864. The Morgan fingerprint density at radius 3 is 1.30 bits per heavy atom. The third kappa shape index (κ3) is 35.9. The molecule has 468 valence electrons. The van der Waals surface area contributed by atoms with Gasteiger partial charge >= 0.3 is 0 Å². The van der Waals surface area contributed by atoms with E-state index in [1.807, 2.05) is 0 Å². The summed E-state index contributed by atoms with van der Waals surface area (Å²) in [6.45, 7) is 2.74. The van der Waals surface area contributed by atoms with Crippen molar-refractivity contribution in [3.8, 4) is 0 Å². The SMILES string of the molecule is CC/C=C\C/C=C\C/C=C\C/C=C\CCCCC(=O)NC(COC1OC(CO)C(OC2OC(CO)C(O)C(O)C2O)C(O)C1O)C(O)CCCCCCCCCCCCCCCCCCCCCCCCCCCCCCCCC. The van der Waals surface area contributed by atoms with E-state index in [-0.39, 0.29) is 18.9 Å². The molecule has 2 fully saturated rings. The Morgan fingerprint density at radius 1 is 0.463 bits per heavy atom. The fourth-order valence-electron chi connectivity index (χ4n) is 10.8. The van der Waals surface area contributed by atoms with Crippen LogP contribution in [-0.2, 0) is 23.7 Å². The lowest BCUT2D eigenvalue weighted by molar-refractivity contribution is -0.359. The monoisotopic (exact) mass is 1140 g/mol. The molecule has 2 rings (SSSR count). The summed E-state index contributed by atoms with van der Waals surface area (Å²) in [7, 11) is 0. The van der Waals surface area contributed by atoms with Gasteiger partial charge in [-0.15, -0.1) is 0 Å². The van der Waals surface area contributed by atoms with Crippen LogP contribution in [0.25, 0.3) is 0 Å². The van der Waals surface area contributed by atoms with Gasteiger partial charge in [-0.2, -0.15) is 0 Å². The van der Waals surface area contributed by atoms with Crippen LogP contribution in [0.3, 0.4) is 0 Å². The van der Waals surface area contributed by atoms with Crippen LogP contribution in [0, 0.1) is 0 Å². The molecule has 1 amide bonds. The molecule has 0 radical (unpaired) electrons. The van der Waals surface area contributed by atoms with Crippen LogP contribution in [0.2, 0.25) is 0 Å². The van der Waals surface area contributed by atoms with Gasteiger partial charge < -0.3 is 65.1 Å². The predicted octanol–water partition coefficient (Wildman–Crippen LogP) is 12.3. The summed E-state index contributed by atoms with van der Waals surface area (Å²) in [5, 5.41) is 87.3. The van der Waals surface area contributed by atoms with Crippen molar-refractivity contribution in [1.82, 2.24) is 5.32 Å². The summed E-state index contributed by atoms with van der Waals surface area (Å²) in [5.74, 6) is -0.245. The lowest BCUT2D eigenvalue weighted by Gasteiger charge is -2.46. The third-order valence-electron chi connectivity index (χ3n) is 16.1. The highest BCUT2D eigenvalue weighted by atomic mass is 16.7. The Bertz CT molecular complexity index is 1530. The zero-order chi connectivity index (χ0) is 58.1. The number of hydrogen-bond donors (Lipinski definition) is 9. The summed E-state index contributed by atoms with van der Waals surface area (Å²) < 4.78 is 22.8. The van der Waals surface area contributed by atoms with Crippen LogP contribution in [0.1, 0.15) is 271 Å². The normalized spacial score (nSPS) is 24.5. The molecule has 80 heavy (non-hydrogen) atoms. The summed E-state index contributed by atoms with van der Waals surface area (Å²) in [4.78, 5) is 13.3. The Balaban J connectivity index is 1.66. The molecule has 14 heteroatoms. The van der Waals surface area contributed by atoms with Gasteiger partial charge in [0.15, 0.2) is 12.6 Å². The van der Waals surface area contributed by atoms with Crippen molar-refractivity contribution in [3.05, 3.63) is 48.6 Å². The number of hydrogen-bond acceptors (Lipinski definition) is 13. The molecule has 0 aromatic rings. The Morgan fingerprint density at radius 2 is 0.863 bits per heavy atom. The number of carbonyl (C=O) groups is 1. The van der Waals surface area contributed by atoms with Gasteiger partial charge in [-0.3, -0.25) is 4.79 Å². The molecule has 9 N–H and O–H groups in total. The van der Waals surface area contributed by atoms with E-state index in [0.29, 0.717) is 12.8 Å². The maximum absolute atomic E-state index is 13.3. The lowest BCUT2D eigenvalue weighted by Crippen LogP contribution is -2.65. The molecular weight excluding hydrogens is 1010 g/mol. The van der Waals surface area contributed by atoms with Crippen molar-refractivity contribution in [2.24, 2.45) is 0 Å². The number of aliphatic hydroxyl groups excluding tert-OH is 8. The zero-order valence-electron chi connectivity index (χ0n) is 50.6. The Hall–Kier alpha value is -2.05. The molecule has 12 unspecified atom stereocenters. The third-order valence-corrected chi connectivity index (χ3v) is 16.1. The first-order valence-corrected chi connectivity index (χ1v) is 32.9. The average molecular weight is 1140 g/mol. The Labute approximate surface area is 486 Å². The fourth-order valence-corrected chi connectivity index (χ4v) is 10.8. The quantitative estimate of drug-likeness (QED) is 0.0204. The average Bonchev–Trinajstić information content (AvgIpc) is 3.46. The highest BCUT2D eigenvalue weighted by molar-refractivity contribution is 5.76. The van der Waals surface area contributed by atoms with Crippen molar-refractivity contribution >= 4 is 5.91 Å². The lowest BCUT2D eigenvalue weighted by atomic mass is 9.97. The minimum Gasteiger partial charge on any atom is -0.394 e. The first-order chi connectivity index (χ1) is 39.1. The van der Waals surface area contributed by atoms with Crippen LogP contribution < -0.4 is 5.32 Å². The molecule has 2 heterocycles. The van der Waals surface area contributed by atoms with Gasteiger partial charge in [-0.05, 0) is 51.4 Å². The van der Waals surface area contributed by atoms with E-state index in [1.54, 1.807) is 0 Å². The topological polar surface area (TPSA) is 228 Å². The predicted molar refractivity (Wildman–Crippen MR) is 323 cm³/mol. The van der Waals surface area contributed by atoms with Crippen LogP contribution in [0.15, 0.2) is 48.6 Å². The maximum Gasteiger partial charge on any atom is 0.220 e. The van der Waals surface area contributed by atoms with Crippen molar-refractivity contribution in [1.29, 1.82) is 0 Å². The molecule has 2 saturated heterocycles. The van der Waals surface area contributed by atoms with E-state index in [0.717, 1.165) is 64.2 Å². The highest BCUT2D eigenvalue weighted by Gasteiger charge is 2.51. The number of rotatable bonds is 53. The largest absolute Gasteiger partial charge is 0.394 e. The van der Waals surface area contributed by atoms with Crippen molar-refractivity contribution in [3.63, 3.8) is 0 Å². The van der Waals surface area contributed by atoms with Gasteiger partial charge in [-0.25, -0.2) is 0 Å². The second-order valence-electron chi connectivity index (χ2n) is 23.2. The second kappa shape index (κ2) is 51.4. The van der Waals surface area contributed by atoms with Gasteiger partial charge in [0.1, 0.15) is 48.8 Å². The van der Waals surface area contributed by atoms with Gasteiger partial charge in [0.05, 0.1) is 32.0 Å². The van der Waals surface area contributed by atoms with Crippen LogP contribution in [0.5, 0.6) is 0 Å². The standard InChI is InChI=1S/C66H121NO13/c1-3-5-7-9-11-13-15-17-19-20-21-22-23-24-25-26-27-28-29-30-31-32-33-34-36-37-39-41-43-45-47-49-55(70)54(67-58(71)50-48-46-44-42-40-38-35-18-16-14-12-10-8-6-4-2)53-77-65-63(76)61(74)64(57(52-69)79-65)80-66-62(75)60(73)59(72)56(51-68)78-66/h6,8,12,14,18,35,40,42,54-57,59-66,68-70,72-76H,3-5,7,9-11,13,15-17,19-34,36-39,41,43-53H2,1-2H3,(H,67,71)/b8-6-,14-12-,35-18-,42-40-. The minimum atomic E-state index is -1.79. The summed E-state index contributed by atoms with van der Waals surface area (Å²) in [5.41, 5.74) is 0. The zero-order valence-corrected chi connectivity index (χ0v) is 50.6. The summed E-state index contributed by atoms with van der Waals surface area (Å²) >= 11 is 0. The summed E-state index contributed by atoms with van der Waals surface area (Å²) in [6, 6.07) is -0.853. The van der Waals surface area contributed by atoms with E-state index in [2.05, 4.69) is 67.8 Å². The van der Waals surface area contributed by atoms with Crippen molar-refractivity contribution in [2.75, 3.05) is 19.8 Å². The van der Waals surface area contributed by atoms with Gasteiger partial charge in [0.25, 0.3) is 0 Å². The number of carbonyl (C=O) groups excluding carboxylic acids is 1. The Kier molecular flexibility index (Phi) is 47.6. The van der Waals surface area contributed by atoms with E-state index < -0.39 is 86.8 Å². The van der Waals surface area contributed by atoms with Crippen molar-refractivity contribution < 1.29 is 64.6 Å². The van der Waals surface area contributed by atoms with E-state index in [4.69, 9.17) is 18.9 Å². The molecule has 0 aromatic heterocycles. The molecule has 14 nitrogen and oxygen atoms in total. The number of amides is 1. The van der Waals surface area contributed by atoms with Crippen LogP contribution in [0.4, 0.5) is 0 Å². The molecule has 0 aliphatic carbocycles. The smallest absolute Gasteiger partial charge is 0.220 e. The first kappa shape index (κ1) is 74.1. The maximum atomic E-state index is 13.3. The van der Waals surface area contributed by atoms with E-state index in [9.17, 15) is 45.6 Å². The molecule has 0 spiro atoms. The molecule has 2 aliphatic heterocycles. The molecule has 0 bridgehead atoms. The first-order valence-electron chi connectivity index (χ1n) is 32.9. The molecule has 0 aromatic carbocycles. The molecule has 2 aliphatic rings. The number of unbranched alkanes of at least 4 members (excludes halogenated alkanes) is 32.